The van der Waals surface area contributed by atoms with Crippen LogP contribution in [0, 0.1) is 11.6 Å². The zero-order valence-electron chi connectivity index (χ0n) is 13.6. The van der Waals surface area contributed by atoms with Crippen LogP contribution >= 0.6 is 0 Å². The van der Waals surface area contributed by atoms with Gasteiger partial charge in [0, 0.05) is 11.8 Å². The maximum atomic E-state index is 13.5. The summed E-state index contributed by atoms with van der Waals surface area (Å²) in [5, 5.41) is 4.57. The van der Waals surface area contributed by atoms with Crippen molar-refractivity contribution in [3.8, 4) is 0 Å². The molecule has 2 rings (SSSR count). The van der Waals surface area contributed by atoms with E-state index in [1.807, 2.05) is 32.9 Å². The number of amides is 2. The van der Waals surface area contributed by atoms with Gasteiger partial charge < -0.3 is 10.6 Å². The Balaban J connectivity index is 2.16. The predicted octanol–water partition coefficient (Wildman–Crippen LogP) is 3.84. The predicted molar refractivity (Wildman–Crippen MR) is 88.8 cm³/mol. The summed E-state index contributed by atoms with van der Waals surface area (Å²) in [6.07, 6.45) is 0. The Labute approximate surface area is 138 Å². The maximum absolute atomic E-state index is 13.5. The summed E-state index contributed by atoms with van der Waals surface area (Å²) in [7, 11) is 0. The molecule has 0 aromatic heterocycles. The summed E-state index contributed by atoms with van der Waals surface area (Å²) < 4.78 is 26.6. The Morgan fingerprint density at radius 3 is 2.08 bits per heavy atom. The van der Waals surface area contributed by atoms with E-state index in [0.717, 1.165) is 23.8 Å². The molecular formula is C18H18F2N2O2. The molecule has 0 unspecified atom stereocenters. The van der Waals surface area contributed by atoms with Gasteiger partial charge in [-0.05, 0) is 29.2 Å². The third kappa shape index (κ3) is 4.16. The average molecular weight is 332 g/mol. The highest BCUT2D eigenvalue weighted by Crippen LogP contribution is 2.29. The van der Waals surface area contributed by atoms with Crippen LogP contribution in [0.2, 0.25) is 0 Å². The first-order chi connectivity index (χ1) is 11.2. The zero-order chi connectivity index (χ0) is 17.9. The summed E-state index contributed by atoms with van der Waals surface area (Å²) in [6.45, 7) is 5.92. The van der Waals surface area contributed by atoms with Crippen LogP contribution in [0.15, 0.2) is 42.5 Å². The largest absolute Gasteiger partial charge is 0.318 e. The molecule has 0 spiro atoms. The Bertz CT molecular complexity index is 783. The van der Waals surface area contributed by atoms with Crippen LogP contribution in [0.25, 0.3) is 0 Å². The third-order valence-corrected chi connectivity index (χ3v) is 3.37. The number of halogens is 2. The molecule has 0 radical (unpaired) electrons. The van der Waals surface area contributed by atoms with Gasteiger partial charge >= 0.3 is 11.8 Å². The minimum atomic E-state index is -1.08. The normalized spacial score (nSPS) is 11.0. The summed E-state index contributed by atoms with van der Waals surface area (Å²) in [6, 6.07) is 9.69. The summed E-state index contributed by atoms with van der Waals surface area (Å²) in [5.74, 6) is -3.59. The molecular weight excluding hydrogens is 314 g/mol. The number of hydrogen-bond donors (Lipinski definition) is 2. The molecule has 4 nitrogen and oxygen atoms in total. The van der Waals surface area contributed by atoms with Crippen molar-refractivity contribution >= 4 is 23.2 Å². The molecule has 0 saturated carbocycles. The third-order valence-electron chi connectivity index (χ3n) is 3.37. The molecule has 2 N–H and O–H groups in total. The molecule has 0 aliphatic carbocycles. The van der Waals surface area contributed by atoms with Crippen molar-refractivity contribution in [1.82, 2.24) is 0 Å². The van der Waals surface area contributed by atoms with Gasteiger partial charge in [0.25, 0.3) is 0 Å². The molecule has 2 aromatic carbocycles. The standard InChI is InChI=1S/C18H18F2N2O2/c1-18(2,3)12-6-4-5-7-14(12)21-16(23)17(24)22-15-10-11(19)8-9-13(15)20/h4-10H,1-3H3,(H,21,23)(H,22,24). The van der Waals surface area contributed by atoms with E-state index in [2.05, 4.69) is 10.6 Å². The SMILES string of the molecule is CC(C)(C)c1ccccc1NC(=O)C(=O)Nc1cc(F)ccc1F. The quantitative estimate of drug-likeness (QED) is 0.821. The van der Waals surface area contributed by atoms with E-state index < -0.39 is 23.4 Å². The van der Waals surface area contributed by atoms with Gasteiger partial charge in [-0.3, -0.25) is 9.59 Å². The Morgan fingerprint density at radius 2 is 1.46 bits per heavy atom. The molecule has 126 valence electrons. The van der Waals surface area contributed by atoms with E-state index in [4.69, 9.17) is 0 Å². The molecule has 0 atom stereocenters. The highest BCUT2D eigenvalue weighted by atomic mass is 19.1. The lowest BCUT2D eigenvalue weighted by Crippen LogP contribution is -2.30. The van der Waals surface area contributed by atoms with Gasteiger partial charge in [-0.25, -0.2) is 8.78 Å². The van der Waals surface area contributed by atoms with Crippen LogP contribution in [-0.4, -0.2) is 11.8 Å². The van der Waals surface area contributed by atoms with Crippen LogP contribution in [0.5, 0.6) is 0 Å². The van der Waals surface area contributed by atoms with E-state index in [1.54, 1.807) is 12.1 Å². The van der Waals surface area contributed by atoms with E-state index in [1.165, 1.54) is 0 Å². The Hall–Kier alpha value is -2.76. The van der Waals surface area contributed by atoms with Crippen LogP contribution in [0.4, 0.5) is 20.2 Å². The van der Waals surface area contributed by atoms with Gasteiger partial charge in [-0.15, -0.1) is 0 Å². The lowest BCUT2D eigenvalue weighted by Gasteiger charge is -2.22. The number of benzene rings is 2. The smallest absolute Gasteiger partial charge is 0.314 e. The van der Waals surface area contributed by atoms with Crippen LogP contribution in [0.1, 0.15) is 26.3 Å². The van der Waals surface area contributed by atoms with E-state index in [9.17, 15) is 18.4 Å². The van der Waals surface area contributed by atoms with Crippen molar-refractivity contribution in [2.75, 3.05) is 10.6 Å². The van der Waals surface area contributed by atoms with Gasteiger partial charge in [0.05, 0.1) is 5.69 Å². The molecule has 2 amide bonds. The molecule has 0 aliphatic heterocycles. The second kappa shape index (κ2) is 6.78. The number of rotatable bonds is 2. The highest BCUT2D eigenvalue weighted by Gasteiger charge is 2.21. The number of anilines is 2. The molecule has 2 aromatic rings. The Kier molecular flexibility index (Phi) is 4.97. The summed E-state index contributed by atoms with van der Waals surface area (Å²) in [4.78, 5) is 24.0. The van der Waals surface area contributed by atoms with Crippen LogP contribution in [-0.2, 0) is 15.0 Å². The van der Waals surface area contributed by atoms with Crippen molar-refractivity contribution in [2.45, 2.75) is 26.2 Å². The molecule has 0 bridgehead atoms. The number of carbonyl (C=O) groups excluding carboxylic acids is 2. The van der Waals surface area contributed by atoms with E-state index in [-0.39, 0.29) is 11.1 Å². The monoisotopic (exact) mass is 332 g/mol. The summed E-state index contributed by atoms with van der Waals surface area (Å²) >= 11 is 0. The van der Waals surface area contributed by atoms with Gasteiger partial charge in [0.15, 0.2) is 0 Å². The molecule has 24 heavy (non-hydrogen) atoms. The second-order valence-corrected chi connectivity index (χ2v) is 6.33. The Morgan fingerprint density at radius 1 is 0.875 bits per heavy atom. The fourth-order valence-electron chi connectivity index (χ4n) is 2.20. The lowest BCUT2D eigenvalue weighted by atomic mass is 9.86. The van der Waals surface area contributed by atoms with Crippen molar-refractivity contribution in [1.29, 1.82) is 0 Å². The van der Waals surface area contributed by atoms with E-state index >= 15 is 0 Å². The molecule has 6 heteroatoms. The number of hydrogen-bond acceptors (Lipinski definition) is 2. The molecule has 0 saturated heterocycles. The molecule has 0 fully saturated rings. The van der Waals surface area contributed by atoms with E-state index in [0.29, 0.717) is 5.69 Å². The zero-order valence-corrected chi connectivity index (χ0v) is 13.6. The minimum Gasteiger partial charge on any atom is -0.318 e. The number of nitrogens with one attached hydrogen (secondary N) is 2. The van der Waals surface area contributed by atoms with Crippen molar-refractivity contribution in [3.63, 3.8) is 0 Å². The lowest BCUT2D eigenvalue weighted by molar-refractivity contribution is -0.133. The fourth-order valence-corrected chi connectivity index (χ4v) is 2.20. The molecule has 0 heterocycles. The second-order valence-electron chi connectivity index (χ2n) is 6.33. The van der Waals surface area contributed by atoms with Crippen molar-refractivity contribution < 1.29 is 18.4 Å². The first kappa shape index (κ1) is 17.6. The van der Waals surface area contributed by atoms with Gasteiger partial charge in [-0.2, -0.15) is 0 Å². The maximum Gasteiger partial charge on any atom is 0.314 e. The van der Waals surface area contributed by atoms with Gasteiger partial charge in [-0.1, -0.05) is 39.0 Å². The highest BCUT2D eigenvalue weighted by molar-refractivity contribution is 6.43. The number of carbonyl (C=O) groups is 2. The first-order valence-corrected chi connectivity index (χ1v) is 7.35. The topological polar surface area (TPSA) is 58.2 Å². The van der Waals surface area contributed by atoms with Gasteiger partial charge in [0.1, 0.15) is 11.6 Å². The summed E-state index contributed by atoms with van der Waals surface area (Å²) in [5.41, 5.74) is 0.710. The number of para-hydroxylation sites is 1. The first-order valence-electron chi connectivity index (χ1n) is 7.35. The fraction of sp³-hybridized carbons (Fsp3) is 0.222. The van der Waals surface area contributed by atoms with Crippen LogP contribution < -0.4 is 10.6 Å². The minimum absolute atomic E-state index is 0.241. The molecule has 0 aliphatic rings. The van der Waals surface area contributed by atoms with Crippen LogP contribution in [0.3, 0.4) is 0 Å². The van der Waals surface area contributed by atoms with Gasteiger partial charge in [0.2, 0.25) is 0 Å². The van der Waals surface area contributed by atoms with Crippen molar-refractivity contribution in [3.05, 3.63) is 59.7 Å². The van der Waals surface area contributed by atoms with Crippen molar-refractivity contribution in [2.24, 2.45) is 0 Å². The average Bonchev–Trinajstić information content (AvgIpc) is 2.50.